The molecular formula is C13H21ClF2N4O. The molecule has 0 aliphatic carbocycles. The van der Waals surface area contributed by atoms with E-state index in [0.717, 1.165) is 37.0 Å². The van der Waals surface area contributed by atoms with Gasteiger partial charge in [-0.3, -0.25) is 9.48 Å². The quantitative estimate of drug-likeness (QED) is 0.845. The van der Waals surface area contributed by atoms with Gasteiger partial charge in [0.25, 0.3) is 6.43 Å². The zero-order chi connectivity index (χ0) is 14.4. The molecule has 0 atom stereocenters. The van der Waals surface area contributed by atoms with Gasteiger partial charge in [-0.15, -0.1) is 12.4 Å². The van der Waals surface area contributed by atoms with Gasteiger partial charge in [0.1, 0.15) is 6.54 Å². The van der Waals surface area contributed by atoms with E-state index in [4.69, 9.17) is 0 Å². The van der Waals surface area contributed by atoms with Crippen molar-refractivity contribution >= 4 is 24.1 Å². The van der Waals surface area contributed by atoms with E-state index in [-0.39, 0.29) is 18.3 Å². The Morgan fingerprint density at radius 2 is 2.19 bits per heavy atom. The third-order valence-electron chi connectivity index (χ3n) is 3.47. The molecule has 2 heterocycles. The Hall–Kier alpha value is -1.21. The van der Waals surface area contributed by atoms with Crippen LogP contribution in [0.15, 0.2) is 12.3 Å². The van der Waals surface area contributed by atoms with Crippen molar-refractivity contribution in [3.63, 3.8) is 0 Å². The molecule has 1 aromatic heterocycles. The van der Waals surface area contributed by atoms with Crippen molar-refractivity contribution in [3.8, 4) is 0 Å². The van der Waals surface area contributed by atoms with Crippen LogP contribution in [0.2, 0.25) is 0 Å². The lowest BCUT2D eigenvalue weighted by molar-refractivity contribution is -0.116. The first kappa shape index (κ1) is 17.8. The molecule has 2 N–H and O–H groups in total. The van der Waals surface area contributed by atoms with Crippen molar-refractivity contribution in [3.05, 3.63) is 12.3 Å². The van der Waals surface area contributed by atoms with Crippen LogP contribution < -0.4 is 10.6 Å². The monoisotopic (exact) mass is 322 g/mol. The van der Waals surface area contributed by atoms with Crippen molar-refractivity contribution in [2.45, 2.75) is 38.7 Å². The van der Waals surface area contributed by atoms with Crippen LogP contribution in [-0.4, -0.2) is 35.2 Å². The second-order valence-corrected chi connectivity index (χ2v) is 5.09. The minimum absolute atomic E-state index is 0. The van der Waals surface area contributed by atoms with Crippen LogP contribution in [0, 0.1) is 5.92 Å². The molecule has 120 valence electrons. The second kappa shape index (κ2) is 8.94. The molecule has 2 rings (SSSR count). The third kappa shape index (κ3) is 6.39. The summed E-state index contributed by atoms with van der Waals surface area (Å²) in [5.74, 6) is 0.824. The standard InChI is InChI=1S/C13H20F2N4O.ClH/c14-11(15)9-19-8-5-12(18-19)17-13(20)2-1-10-3-6-16-7-4-10;/h5,8,10-11,16H,1-4,6-7,9H2,(H,17,18,20);1H. The Bertz CT molecular complexity index is 436. The van der Waals surface area contributed by atoms with Crippen molar-refractivity contribution in [1.82, 2.24) is 15.1 Å². The Balaban J connectivity index is 0.00000220. The zero-order valence-corrected chi connectivity index (χ0v) is 12.5. The number of aromatic nitrogens is 2. The number of amides is 1. The van der Waals surface area contributed by atoms with E-state index in [9.17, 15) is 13.6 Å². The minimum atomic E-state index is -2.45. The van der Waals surface area contributed by atoms with E-state index >= 15 is 0 Å². The summed E-state index contributed by atoms with van der Waals surface area (Å²) in [6.07, 6.45) is 2.53. The molecule has 0 radical (unpaired) electrons. The average Bonchev–Trinajstić information content (AvgIpc) is 2.84. The van der Waals surface area contributed by atoms with E-state index in [1.54, 1.807) is 0 Å². The molecule has 0 saturated carbocycles. The van der Waals surface area contributed by atoms with Crippen LogP contribution in [-0.2, 0) is 11.3 Å². The van der Waals surface area contributed by atoms with Crippen LogP contribution in [0.3, 0.4) is 0 Å². The topological polar surface area (TPSA) is 59.0 Å². The van der Waals surface area contributed by atoms with Crippen LogP contribution >= 0.6 is 12.4 Å². The van der Waals surface area contributed by atoms with E-state index in [0.29, 0.717) is 18.2 Å². The van der Waals surface area contributed by atoms with Gasteiger partial charge in [-0.1, -0.05) is 0 Å². The van der Waals surface area contributed by atoms with Crippen LogP contribution in [0.4, 0.5) is 14.6 Å². The molecule has 0 aromatic carbocycles. The molecule has 1 aliphatic rings. The highest BCUT2D eigenvalue weighted by molar-refractivity contribution is 5.89. The van der Waals surface area contributed by atoms with Crippen molar-refractivity contribution in [2.24, 2.45) is 5.92 Å². The first-order chi connectivity index (χ1) is 9.63. The Morgan fingerprint density at radius 3 is 2.86 bits per heavy atom. The molecule has 1 aromatic rings. The lowest BCUT2D eigenvalue weighted by atomic mass is 9.93. The third-order valence-corrected chi connectivity index (χ3v) is 3.47. The minimum Gasteiger partial charge on any atom is -0.317 e. The largest absolute Gasteiger partial charge is 0.317 e. The number of hydrogen-bond donors (Lipinski definition) is 2. The highest BCUT2D eigenvalue weighted by Gasteiger charge is 2.15. The van der Waals surface area contributed by atoms with E-state index in [1.165, 1.54) is 12.3 Å². The number of alkyl halides is 2. The summed E-state index contributed by atoms with van der Waals surface area (Å²) in [7, 11) is 0. The number of carbonyl (C=O) groups is 1. The van der Waals surface area contributed by atoms with Gasteiger partial charge in [0.15, 0.2) is 5.82 Å². The smallest absolute Gasteiger partial charge is 0.257 e. The van der Waals surface area contributed by atoms with Gasteiger partial charge in [-0.05, 0) is 38.3 Å². The Kier molecular flexibility index (Phi) is 7.60. The number of halogens is 3. The summed E-state index contributed by atoms with van der Waals surface area (Å²) in [4.78, 5) is 11.8. The SMILES string of the molecule is Cl.O=C(CCC1CCNCC1)Nc1ccn(CC(F)F)n1. The number of rotatable bonds is 6. The maximum Gasteiger partial charge on any atom is 0.257 e. The fraction of sp³-hybridized carbons (Fsp3) is 0.692. The van der Waals surface area contributed by atoms with E-state index in [2.05, 4.69) is 15.7 Å². The number of hydrogen-bond acceptors (Lipinski definition) is 3. The molecular weight excluding hydrogens is 302 g/mol. The summed E-state index contributed by atoms with van der Waals surface area (Å²) in [5, 5.41) is 9.81. The number of piperidine rings is 1. The maximum absolute atomic E-state index is 12.2. The molecule has 5 nitrogen and oxygen atoms in total. The molecule has 1 fully saturated rings. The Labute approximate surface area is 128 Å². The van der Waals surface area contributed by atoms with Crippen LogP contribution in [0.1, 0.15) is 25.7 Å². The normalized spacial score (nSPS) is 15.8. The predicted octanol–water partition coefficient (Wildman–Crippen LogP) is 2.29. The molecule has 0 spiro atoms. The lowest BCUT2D eigenvalue weighted by Gasteiger charge is -2.21. The highest BCUT2D eigenvalue weighted by Crippen LogP contribution is 2.18. The summed E-state index contributed by atoms with van der Waals surface area (Å²) >= 11 is 0. The molecule has 0 bridgehead atoms. The first-order valence-electron chi connectivity index (χ1n) is 6.95. The Morgan fingerprint density at radius 1 is 1.48 bits per heavy atom. The van der Waals surface area contributed by atoms with Crippen molar-refractivity contribution in [2.75, 3.05) is 18.4 Å². The van der Waals surface area contributed by atoms with E-state index < -0.39 is 13.0 Å². The maximum atomic E-state index is 12.2. The highest BCUT2D eigenvalue weighted by atomic mass is 35.5. The summed E-state index contributed by atoms with van der Waals surface area (Å²) in [6, 6.07) is 1.53. The number of nitrogens with zero attached hydrogens (tertiary/aromatic N) is 2. The fourth-order valence-corrected chi connectivity index (χ4v) is 2.38. The number of carbonyl (C=O) groups excluding carboxylic acids is 1. The molecule has 1 aliphatic heterocycles. The van der Waals surface area contributed by atoms with Crippen molar-refractivity contribution in [1.29, 1.82) is 0 Å². The van der Waals surface area contributed by atoms with Gasteiger partial charge in [0.05, 0.1) is 0 Å². The fourth-order valence-electron chi connectivity index (χ4n) is 2.38. The summed E-state index contributed by atoms with van der Waals surface area (Å²) in [5.41, 5.74) is 0. The van der Waals surface area contributed by atoms with Gasteiger partial charge in [-0.25, -0.2) is 8.78 Å². The number of anilines is 1. The second-order valence-electron chi connectivity index (χ2n) is 5.09. The van der Waals surface area contributed by atoms with E-state index in [1.807, 2.05) is 0 Å². The van der Waals surface area contributed by atoms with Crippen LogP contribution in [0.25, 0.3) is 0 Å². The van der Waals surface area contributed by atoms with Gasteiger partial charge >= 0.3 is 0 Å². The zero-order valence-electron chi connectivity index (χ0n) is 11.7. The summed E-state index contributed by atoms with van der Waals surface area (Å²) in [6.45, 7) is 1.58. The molecule has 0 unspecified atom stereocenters. The van der Waals surface area contributed by atoms with Gasteiger partial charge < -0.3 is 10.6 Å². The average molecular weight is 323 g/mol. The molecule has 8 heteroatoms. The molecule has 1 saturated heterocycles. The summed E-state index contributed by atoms with van der Waals surface area (Å²) < 4.78 is 25.5. The number of nitrogens with one attached hydrogen (secondary N) is 2. The predicted molar refractivity (Wildman–Crippen MR) is 78.9 cm³/mol. The molecule has 1 amide bonds. The molecule has 21 heavy (non-hydrogen) atoms. The van der Waals surface area contributed by atoms with Gasteiger partial charge in [0.2, 0.25) is 5.91 Å². The van der Waals surface area contributed by atoms with Crippen LogP contribution in [0.5, 0.6) is 0 Å². The van der Waals surface area contributed by atoms with Crippen molar-refractivity contribution < 1.29 is 13.6 Å². The lowest BCUT2D eigenvalue weighted by Crippen LogP contribution is -2.28. The van der Waals surface area contributed by atoms with Gasteiger partial charge in [-0.2, -0.15) is 5.10 Å². The first-order valence-corrected chi connectivity index (χ1v) is 6.95. The van der Waals surface area contributed by atoms with Gasteiger partial charge in [0, 0.05) is 18.7 Å².